The van der Waals surface area contributed by atoms with Gasteiger partial charge in [-0.2, -0.15) is 0 Å². The van der Waals surface area contributed by atoms with E-state index in [1.165, 1.54) is 6.42 Å². The van der Waals surface area contributed by atoms with Gasteiger partial charge in [-0.05, 0) is 121 Å². The molecule has 5 atom stereocenters. The summed E-state index contributed by atoms with van der Waals surface area (Å²) in [6.07, 6.45) is 3.06. The number of nitrogens with one attached hydrogen (secondary N) is 1. The second kappa shape index (κ2) is 14.0. The second-order valence-electron chi connectivity index (χ2n) is 18.0. The van der Waals surface area contributed by atoms with Crippen LogP contribution in [0.25, 0.3) is 0 Å². The summed E-state index contributed by atoms with van der Waals surface area (Å²) in [4.78, 5) is 41.8. The van der Waals surface area contributed by atoms with Crippen molar-refractivity contribution >= 4 is 25.1 Å². The lowest BCUT2D eigenvalue weighted by Crippen LogP contribution is -2.65. The molecule has 0 radical (unpaired) electrons. The average molecular weight is 717 g/mol. The third-order valence-electron chi connectivity index (χ3n) is 11.5. The average Bonchev–Trinajstić information content (AvgIpc) is 3.36. The van der Waals surface area contributed by atoms with Gasteiger partial charge in [-0.25, -0.2) is 9.59 Å². The van der Waals surface area contributed by atoms with Gasteiger partial charge < -0.3 is 33.7 Å². The smallest absolute Gasteiger partial charge is 0.457 e. The van der Waals surface area contributed by atoms with Crippen LogP contribution in [0.4, 0.5) is 4.79 Å². The molecule has 2 aromatic carbocycles. The molecular weight excluding hydrogens is 659 g/mol. The minimum absolute atomic E-state index is 0.124. The van der Waals surface area contributed by atoms with Crippen LogP contribution in [-0.4, -0.2) is 78.1 Å². The number of alkyl carbamates (subject to hydrolysis) is 1. The summed E-state index contributed by atoms with van der Waals surface area (Å²) in [6.45, 7) is 20.4. The minimum atomic E-state index is -0.811. The molecule has 0 spiro atoms. The molecule has 2 saturated heterocycles. The van der Waals surface area contributed by atoms with E-state index in [9.17, 15) is 14.4 Å². The lowest BCUT2D eigenvalue weighted by Gasteiger charge is -2.64. The molecule has 2 amide bonds. The van der Waals surface area contributed by atoms with E-state index in [4.69, 9.17) is 23.5 Å². The lowest BCUT2D eigenvalue weighted by molar-refractivity contribution is -0.199. The number of esters is 1. The number of aryl methyl sites for hydroxylation is 1. The first-order valence-corrected chi connectivity index (χ1v) is 18.9. The molecule has 2 bridgehead atoms. The first kappa shape index (κ1) is 38.2. The van der Waals surface area contributed by atoms with Gasteiger partial charge in [0.15, 0.2) is 0 Å². The van der Waals surface area contributed by atoms with Crippen LogP contribution in [0.3, 0.4) is 0 Å². The molecule has 0 aromatic heterocycles. The van der Waals surface area contributed by atoms with Crippen LogP contribution in [0, 0.1) is 24.2 Å². The molecule has 3 saturated carbocycles. The van der Waals surface area contributed by atoms with Crippen molar-refractivity contribution in [3.8, 4) is 5.75 Å². The summed E-state index contributed by atoms with van der Waals surface area (Å²) in [5.74, 6) is 0.940. The Balaban J connectivity index is 1.12. The highest BCUT2D eigenvalue weighted by Crippen LogP contribution is 2.65. The van der Waals surface area contributed by atoms with Crippen molar-refractivity contribution in [1.82, 2.24) is 10.2 Å². The molecule has 5 fully saturated rings. The Morgan fingerprint density at radius 2 is 1.63 bits per heavy atom. The molecule has 11 heteroatoms. The van der Waals surface area contributed by atoms with Crippen LogP contribution in [0.1, 0.15) is 102 Å². The van der Waals surface area contributed by atoms with Gasteiger partial charge >= 0.3 is 19.2 Å². The topological polar surface area (TPSA) is 113 Å². The van der Waals surface area contributed by atoms with Crippen molar-refractivity contribution in [3.05, 3.63) is 64.7 Å². The quantitative estimate of drug-likeness (QED) is 0.208. The Morgan fingerprint density at radius 3 is 2.27 bits per heavy atom. The number of hydrogen-bond acceptors (Lipinski definition) is 8. The normalized spacial score (nSPS) is 25.7. The van der Waals surface area contributed by atoms with E-state index in [0.717, 1.165) is 23.1 Å². The first-order valence-electron chi connectivity index (χ1n) is 18.9. The zero-order valence-corrected chi connectivity index (χ0v) is 32.7. The number of amides is 2. The SMILES string of the molecule is Cc1c(CCB2O[C@@H]3C[C@@H]4C[C@@H](C4(C)C)[C@]3(C)O2)ccc(OC2CN(C(=O)[C@@H](Cc3ccccc3)NC(=O)OC(C)(C)C)C2)c1C(=O)OC(C)(C)C. The van der Waals surface area contributed by atoms with Crippen molar-refractivity contribution in [2.24, 2.45) is 17.3 Å². The third-order valence-corrected chi connectivity index (χ3v) is 11.5. The van der Waals surface area contributed by atoms with Crippen molar-refractivity contribution in [1.29, 1.82) is 0 Å². The van der Waals surface area contributed by atoms with Crippen LogP contribution in [0.2, 0.25) is 6.32 Å². The van der Waals surface area contributed by atoms with Crippen molar-refractivity contribution in [2.75, 3.05) is 13.1 Å². The Labute approximate surface area is 309 Å². The molecule has 2 heterocycles. The zero-order valence-electron chi connectivity index (χ0n) is 32.7. The van der Waals surface area contributed by atoms with E-state index in [1.807, 2.05) is 70.2 Å². The Kier molecular flexibility index (Phi) is 10.3. The van der Waals surface area contributed by atoms with Crippen LogP contribution in [0.5, 0.6) is 5.75 Å². The van der Waals surface area contributed by atoms with Gasteiger partial charge in [0.2, 0.25) is 5.91 Å². The fourth-order valence-electron chi connectivity index (χ4n) is 8.62. The molecule has 10 nitrogen and oxygen atoms in total. The van der Waals surface area contributed by atoms with Gasteiger partial charge in [0, 0.05) is 6.42 Å². The number of benzene rings is 2. The summed E-state index contributed by atoms with van der Waals surface area (Å²) < 4.78 is 30.9. The van der Waals surface area contributed by atoms with Gasteiger partial charge in [0.05, 0.1) is 24.8 Å². The molecular formula is C41H57BN2O8. The zero-order chi connectivity index (χ0) is 37.8. The molecule has 5 aliphatic rings. The highest BCUT2D eigenvalue weighted by atomic mass is 16.7. The fourth-order valence-corrected chi connectivity index (χ4v) is 8.62. The summed E-state index contributed by atoms with van der Waals surface area (Å²) in [7, 11) is -0.292. The summed E-state index contributed by atoms with van der Waals surface area (Å²) in [5.41, 5.74) is 1.74. The highest BCUT2D eigenvalue weighted by Gasteiger charge is 2.67. The number of likely N-dealkylation sites (tertiary alicyclic amines) is 1. The van der Waals surface area contributed by atoms with Crippen LogP contribution in [0.15, 0.2) is 42.5 Å². The molecule has 3 aliphatic carbocycles. The number of nitrogens with zero attached hydrogens (tertiary/aromatic N) is 1. The van der Waals surface area contributed by atoms with Crippen molar-refractivity contribution in [3.63, 3.8) is 0 Å². The maximum absolute atomic E-state index is 13.7. The standard InChI is InChI=1S/C41H57BN2O8/c1-25-27(18-19-42-51-33-22-28-21-32(40(28,8)9)41(33,10)52-42)16-17-31(34(25)36(46)49-38(2,3)4)48-29-23-44(24-29)35(45)30(20-26-14-12-11-13-15-26)43-37(47)50-39(5,6)7/h11-17,28-30,32-33H,18-24H2,1-10H3,(H,43,47)/t28-,30+,32-,33+,41-/m0/s1. The molecule has 282 valence electrons. The maximum atomic E-state index is 13.7. The highest BCUT2D eigenvalue weighted by molar-refractivity contribution is 6.45. The van der Waals surface area contributed by atoms with Gasteiger partial charge in [0.25, 0.3) is 0 Å². The number of hydrogen-bond donors (Lipinski definition) is 1. The van der Waals surface area contributed by atoms with E-state index < -0.39 is 29.3 Å². The van der Waals surface area contributed by atoms with E-state index in [0.29, 0.717) is 55.4 Å². The minimum Gasteiger partial charge on any atom is -0.486 e. The Hall–Kier alpha value is -3.57. The Bertz CT molecular complexity index is 1660. The number of carbonyl (C=O) groups excluding carboxylic acids is 3. The maximum Gasteiger partial charge on any atom is 0.457 e. The van der Waals surface area contributed by atoms with Gasteiger partial charge in [-0.3, -0.25) is 4.79 Å². The fraction of sp³-hybridized carbons (Fsp3) is 0.634. The molecule has 2 aromatic rings. The number of ether oxygens (including phenoxy) is 3. The molecule has 0 unspecified atom stereocenters. The summed E-state index contributed by atoms with van der Waals surface area (Å²) >= 11 is 0. The van der Waals surface area contributed by atoms with Crippen LogP contribution in [-0.2, 0) is 36.4 Å². The number of carbonyl (C=O) groups is 3. The van der Waals surface area contributed by atoms with Crippen LogP contribution >= 0.6 is 0 Å². The molecule has 52 heavy (non-hydrogen) atoms. The van der Waals surface area contributed by atoms with E-state index in [2.05, 4.69) is 26.1 Å². The molecule has 2 aliphatic heterocycles. The Morgan fingerprint density at radius 1 is 0.962 bits per heavy atom. The molecule has 7 rings (SSSR count). The molecule has 1 N–H and O–H groups in total. The van der Waals surface area contributed by atoms with Gasteiger partial charge in [-0.1, -0.05) is 50.2 Å². The van der Waals surface area contributed by atoms with Gasteiger partial charge in [-0.15, -0.1) is 0 Å². The van der Waals surface area contributed by atoms with Gasteiger partial charge in [0.1, 0.15) is 34.7 Å². The first-order chi connectivity index (χ1) is 24.2. The van der Waals surface area contributed by atoms with Crippen molar-refractivity contribution < 1.29 is 37.9 Å². The second-order valence-corrected chi connectivity index (χ2v) is 18.0. The predicted octanol–water partition coefficient (Wildman–Crippen LogP) is 6.95. The number of rotatable bonds is 10. The van der Waals surface area contributed by atoms with Crippen LogP contribution < -0.4 is 10.1 Å². The van der Waals surface area contributed by atoms with E-state index >= 15 is 0 Å². The summed E-state index contributed by atoms with van der Waals surface area (Å²) in [6, 6.07) is 12.6. The van der Waals surface area contributed by atoms with E-state index in [1.54, 1.807) is 25.7 Å². The summed E-state index contributed by atoms with van der Waals surface area (Å²) in [5, 5.41) is 2.78. The monoisotopic (exact) mass is 716 g/mol. The van der Waals surface area contributed by atoms with E-state index in [-0.39, 0.29) is 36.2 Å². The largest absolute Gasteiger partial charge is 0.486 e. The third kappa shape index (κ3) is 8.00. The van der Waals surface area contributed by atoms with Crippen molar-refractivity contribution in [2.45, 2.75) is 136 Å². The lowest BCUT2D eigenvalue weighted by atomic mass is 9.43. The predicted molar refractivity (Wildman–Crippen MR) is 199 cm³/mol.